The van der Waals surface area contributed by atoms with Gasteiger partial charge in [-0.15, -0.1) is 35.7 Å². The molecule has 2 N–H and O–H groups in total. The normalized spacial score (nSPS) is 11.1. The van der Waals surface area contributed by atoms with Gasteiger partial charge in [0.1, 0.15) is 5.76 Å². The second-order valence-electron chi connectivity index (χ2n) is 6.27. The van der Waals surface area contributed by atoms with Gasteiger partial charge in [-0.05, 0) is 30.3 Å². The zero-order valence-electron chi connectivity index (χ0n) is 16.6. The van der Waals surface area contributed by atoms with Crippen molar-refractivity contribution >= 4 is 41.7 Å². The van der Waals surface area contributed by atoms with E-state index in [1.807, 2.05) is 54.0 Å². The van der Waals surface area contributed by atoms with Gasteiger partial charge in [-0.25, -0.2) is 0 Å². The lowest BCUT2D eigenvalue weighted by Crippen LogP contribution is -2.39. The molecule has 0 amide bonds. The maximum absolute atomic E-state index is 5.38. The second kappa shape index (κ2) is 13.3. The van der Waals surface area contributed by atoms with E-state index in [1.54, 1.807) is 6.26 Å². The van der Waals surface area contributed by atoms with Gasteiger partial charge in [-0.2, -0.15) is 5.10 Å². The van der Waals surface area contributed by atoms with Crippen LogP contribution in [0.5, 0.6) is 0 Å². The van der Waals surface area contributed by atoms with Crippen LogP contribution in [0.15, 0.2) is 75.3 Å². The quantitative estimate of drug-likeness (QED) is 0.139. The van der Waals surface area contributed by atoms with Gasteiger partial charge in [-0.1, -0.05) is 18.2 Å². The van der Waals surface area contributed by atoms with E-state index in [0.717, 1.165) is 43.4 Å². The van der Waals surface area contributed by atoms with Crippen molar-refractivity contribution in [3.8, 4) is 0 Å². The summed E-state index contributed by atoms with van der Waals surface area (Å²) in [5.41, 5.74) is 1.20. The minimum atomic E-state index is 0. The summed E-state index contributed by atoms with van der Waals surface area (Å²) in [4.78, 5) is 5.97. The first-order valence-electron chi connectivity index (χ1n) is 9.50. The van der Waals surface area contributed by atoms with Crippen molar-refractivity contribution in [3.63, 3.8) is 0 Å². The molecule has 0 saturated carbocycles. The maximum Gasteiger partial charge on any atom is 0.191 e. The highest BCUT2D eigenvalue weighted by Gasteiger charge is 2.02. The molecule has 29 heavy (non-hydrogen) atoms. The van der Waals surface area contributed by atoms with E-state index in [0.29, 0.717) is 6.54 Å². The first kappa shape index (κ1) is 23.3. The molecule has 156 valence electrons. The predicted molar refractivity (Wildman–Crippen MR) is 130 cm³/mol. The Morgan fingerprint density at radius 1 is 1.07 bits per heavy atom. The van der Waals surface area contributed by atoms with Crippen LogP contribution in [0, 0.1) is 0 Å². The van der Waals surface area contributed by atoms with Gasteiger partial charge in [0.05, 0.1) is 6.26 Å². The van der Waals surface area contributed by atoms with Crippen LogP contribution in [-0.4, -0.2) is 41.1 Å². The Morgan fingerprint density at radius 2 is 1.90 bits per heavy atom. The van der Waals surface area contributed by atoms with Crippen molar-refractivity contribution in [1.29, 1.82) is 0 Å². The third kappa shape index (κ3) is 8.53. The van der Waals surface area contributed by atoms with Gasteiger partial charge >= 0.3 is 0 Å². The van der Waals surface area contributed by atoms with Crippen LogP contribution in [0.4, 0.5) is 0 Å². The van der Waals surface area contributed by atoms with E-state index in [4.69, 9.17) is 4.42 Å². The van der Waals surface area contributed by atoms with E-state index in [9.17, 15) is 0 Å². The van der Waals surface area contributed by atoms with E-state index >= 15 is 0 Å². The molecule has 2 aromatic heterocycles. The minimum absolute atomic E-state index is 0. The van der Waals surface area contributed by atoms with Crippen LogP contribution in [-0.2, 0) is 19.9 Å². The maximum atomic E-state index is 5.38. The molecule has 0 spiro atoms. The molecule has 0 atom stereocenters. The summed E-state index contributed by atoms with van der Waals surface area (Å²) in [6.45, 7) is 2.33. The molecule has 0 aliphatic carbocycles. The molecule has 0 aliphatic heterocycles. The summed E-state index contributed by atoms with van der Waals surface area (Å²) in [5, 5.41) is 11.1. The summed E-state index contributed by atoms with van der Waals surface area (Å²) >= 11 is 1.84. The molecule has 8 heteroatoms. The molecule has 0 saturated heterocycles. The largest absolute Gasteiger partial charge is 0.469 e. The Bertz CT molecular complexity index is 836. The van der Waals surface area contributed by atoms with Gasteiger partial charge in [0.2, 0.25) is 0 Å². The number of thioether (sulfide) groups is 1. The van der Waals surface area contributed by atoms with Crippen molar-refractivity contribution in [3.05, 3.63) is 72.4 Å². The lowest BCUT2D eigenvalue weighted by molar-refractivity contribution is 0.510. The highest BCUT2D eigenvalue weighted by Crippen LogP contribution is 2.15. The number of guanidine groups is 1. The number of halogens is 1. The lowest BCUT2D eigenvalue weighted by Gasteiger charge is -2.13. The minimum Gasteiger partial charge on any atom is -0.469 e. The number of benzene rings is 1. The van der Waals surface area contributed by atoms with Gasteiger partial charge in [0, 0.05) is 62.1 Å². The predicted octanol–water partition coefficient (Wildman–Crippen LogP) is 3.74. The van der Waals surface area contributed by atoms with Crippen molar-refractivity contribution in [1.82, 2.24) is 20.4 Å². The van der Waals surface area contributed by atoms with Crippen LogP contribution in [0.2, 0.25) is 0 Å². The number of nitrogens with one attached hydrogen (secondary N) is 2. The second-order valence-corrected chi connectivity index (χ2v) is 7.44. The summed E-state index contributed by atoms with van der Waals surface area (Å²) in [7, 11) is 1.97. The number of aryl methyl sites for hydroxylation is 1. The van der Waals surface area contributed by atoms with Crippen LogP contribution >= 0.6 is 35.7 Å². The molecule has 0 unspecified atom stereocenters. The molecule has 2 heterocycles. The Hall–Kier alpha value is -1.94. The van der Waals surface area contributed by atoms with Crippen molar-refractivity contribution in [2.75, 3.05) is 25.4 Å². The molecule has 3 aromatic rings. The third-order valence-electron chi connectivity index (χ3n) is 4.21. The monoisotopic (exact) mass is 525 g/mol. The zero-order valence-corrected chi connectivity index (χ0v) is 19.7. The zero-order chi connectivity index (χ0) is 19.4. The highest BCUT2D eigenvalue weighted by molar-refractivity contribution is 14.0. The van der Waals surface area contributed by atoms with Gasteiger partial charge in [-0.3, -0.25) is 9.67 Å². The van der Waals surface area contributed by atoms with Crippen LogP contribution < -0.4 is 10.6 Å². The van der Waals surface area contributed by atoms with E-state index < -0.39 is 0 Å². The number of rotatable bonds is 10. The van der Waals surface area contributed by atoms with Crippen LogP contribution in [0.1, 0.15) is 11.5 Å². The van der Waals surface area contributed by atoms with E-state index in [2.05, 4.69) is 45.0 Å². The third-order valence-corrected chi connectivity index (χ3v) is 5.22. The van der Waals surface area contributed by atoms with Gasteiger partial charge in [0.25, 0.3) is 0 Å². The number of aromatic nitrogens is 2. The van der Waals surface area contributed by atoms with Crippen molar-refractivity contribution in [2.45, 2.75) is 17.7 Å². The van der Waals surface area contributed by atoms with Crippen molar-refractivity contribution < 1.29 is 4.42 Å². The summed E-state index contributed by atoms with van der Waals surface area (Å²) in [6, 6.07) is 16.4. The van der Waals surface area contributed by atoms with Gasteiger partial charge in [0.15, 0.2) is 5.96 Å². The SMILES string of the molecule is Cn1nccc1CCNC(=NCCc1ccco1)NCCSc1ccccc1.I. The summed E-state index contributed by atoms with van der Waals surface area (Å²) < 4.78 is 7.29. The number of hydrogen-bond donors (Lipinski definition) is 2. The molecule has 0 fully saturated rings. The standard InChI is InChI=1S/C21H27N5OS.HI/c1-26-18(10-14-25-26)9-12-22-21(23-13-11-19-6-5-16-27-19)24-15-17-28-20-7-3-2-4-8-20;/h2-8,10,14,16H,9,11-13,15,17H2,1H3,(H2,22,23,24);1H. The number of aliphatic imine (C=N–C) groups is 1. The van der Waals surface area contributed by atoms with E-state index in [1.165, 1.54) is 10.6 Å². The molecule has 3 rings (SSSR count). The molecular formula is C21H28IN5OS. The molecule has 0 bridgehead atoms. The van der Waals surface area contributed by atoms with Gasteiger partial charge < -0.3 is 15.1 Å². The molecule has 6 nitrogen and oxygen atoms in total. The highest BCUT2D eigenvalue weighted by atomic mass is 127. The Balaban J connectivity index is 0.00000300. The number of furan rings is 1. The summed E-state index contributed by atoms with van der Waals surface area (Å²) in [5.74, 6) is 2.77. The van der Waals surface area contributed by atoms with Crippen LogP contribution in [0.25, 0.3) is 0 Å². The Morgan fingerprint density at radius 3 is 2.62 bits per heavy atom. The smallest absolute Gasteiger partial charge is 0.191 e. The number of hydrogen-bond acceptors (Lipinski definition) is 4. The first-order chi connectivity index (χ1) is 13.8. The molecular weight excluding hydrogens is 497 g/mol. The fraction of sp³-hybridized carbons (Fsp3) is 0.333. The molecule has 0 aliphatic rings. The topological polar surface area (TPSA) is 67.4 Å². The Kier molecular flexibility index (Phi) is 10.7. The van der Waals surface area contributed by atoms with E-state index in [-0.39, 0.29) is 24.0 Å². The lowest BCUT2D eigenvalue weighted by atomic mass is 10.3. The van der Waals surface area contributed by atoms with Crippen molar-refractivity contribution in [2.24, 2.45) is 12.0 Å². The number of nitrogens with zero attached hydrogens (tertiary/aromatic N) is 3. The molecule has 0 radical (unpaired) electrons. The first-order valence-corrected chi connectivity index (χ1v) is 10.5. The molecule has 1 aromatic carbocycles. The fourth-order valence-corrected chi connectivity index (χ4v) is 3.51. The van der Waals surface area contributed by atoms with Crippen LogP contribution in [0.3, 0.4) is 0 Å². The average Bonchev–Trinajstić information content (AvgIpc) is 3.37. The average molecular weight is 525 g/mol. The Labute approximate surface area is 193 Å². The fourth-order valence-electron chi connectivity index (χ4n) is 2.72. The summed E-state index contributed by atoms with van der Waals surface area (Å²) in [6.07, 6.45) is 5.21.